The molecule has 0 saturated carbocycles. The molecule has 0 aliphatic rings. The van der Waals surface area contributed by atoms with Crippen molar-refractivity contribution in [3.05, 3.63) is 55.9 Å². The van der Waals surface area contributed by atoms with Gasteiger partial charge in [-0.2, -0.15) is 0 Å². The predicted molar refractivity (Wildman–Crippen MR) is 118 cm³/mol. The Balaban J connectivity index is 2.21. The number of nitrogens with one attached hydrogen (secondary N) is 3. The van der Waals surface area contributed by atoms with Crippen molar-refractivity contribution < 1.29 is 18.0 Å². The number of anilines is 1. The number of aromatic amines is 1. The van der Waals surface area contributed by atoms with E-state index in [0.29, 0.717) is 5.69 Å². The largest absolute Gasteiger partial charge is 0.391 e. The van der Waals surface area contributed by atoms with Crippen molar-refractivity contribution in [2.75, 3.05) is 17.9 Å². The highest BCUT2D eigenvalue weighted by molar-refractivity contribution is 7.92. The molecule has 0 spiro atoms. The van der Waals surface area contributed by atoms with Gasteiger partial charge in [-0.15, -0.1) is 0 Å². The molecule has 0 fully saturated rings. The fourth-order valence-electron chi connectivity index (χ4n) is 2.44. The second-order valence-electron chi connectivity index (χ2n) is 6.24. The number of rotatable bonds is 9. The average molecular weight is 491 g/mol. The summed E-state index contributed by atoms with van der Waals surface area (Å²) in [6, 6.07) is 5.19. The predicted octanol–water partition coefficient (Wildman–Crippen LogP) is 0.655. The van der Waals surface area contributed by atoms with Gasteiger partial charge in [0.15, 0.2) is 0 Å². The summed E-state index contributed by atoms with van der Waals surface area (Å²) >= 11 is 11.7. The fraction of sp³-hybridized carbons (Fsp3) is 0.235. The Bertz CT molecular complexity index is 1160. The number of guanidine groups is 1. The lowest BCUT2D eigenvalue weighted by atomic mass is 10.1. The summed E-state index contributed by atoms with van der Waals surface area (Å²) in [5.74, 6) is -0.738. The van der Waals surface area contributed by atoms with Crippen molar-refractivity contribution in [2.24, 2.45) is 16.6 Å². The highest BCUT2D eigenvalue weighted by Crippen LogP contribution is 2.26. The lowest BCUT2D eigenvalue weighted by Gasteiger charge is -2.13. The van der Waals surface area contributed by atoms with Gasteiger partial charge in [0, 0.05) is 5.69 Å². The van der Waals surface area contributed by atoms with E-state index >= 15 is 0 Å². The first kappa shape index (κ1) is 24.3. The third-order valence-corrected chi connectivity index (χ3v) is 5.81. The minimum absolute atomic E-state index is 0.00878. The van der Waals surface area contributed by atoms with E-state index in [9.17, 15) is 18.0 Å². The molecule has 0 aliphatic heterocycles. The number of nitrogens with zero attached hydrogens (tertiary/aromatic N) is 1. The normalized spacial score (nSPS) is 10.9. The number of hydrogen-bond donors (Lipinski definition) is 5. The molecule has 1 heterocycles. The SMILES string of the molecule is Cc1cc(CC(=O)NCCON=C(N)N)c(NS(=O)(=O)c2ccc(Cl)c(Cl)c2)c(=O)[nH]1. The molecule has 14 heteroatoms. The van der Waals surface area contributed by atoms with E-state index < -0.39 is 21.5 Å². The molecule has 0 bridgehead atoms. The molecule has 0 atom stereocenters. The molecular weight excluding hydrogens is 471 g/mol. The van der Waals surface area contributed by atoms with Crippen molar-refractivity contribution in [3.8, 4) is 0 Å². The van der Waals surface area contributed by atoms with E-state index in [1.54, 1.807) is 6.92 Å². The van der Waals surface area contributed by atoms with Crippen molar-refractivity contribution in [1.29, 1.82) is 0 Å². The first-order valence-electron chi connectivity index (χ1n) is 8.68. The van der Waals surface area contributed by atoms with Gasteiger partial charge >= 0.3 is 0 Å². The zero-order valence-corrected chi connectivity index (χ0v) is 18.6. The van der Waals surface area contributed by atoms with Crippen molar-refractivity contribution in [2.45, 2.75) is 18.2 Å². The number of aromatic nitrogens is 1. The Kier molecular flexibility index (Phi) is 8.14. The van der Waals surface area contributed by atoms with Crippen LogP contribution in [0.15, 0.2) is 39.1 Å². The zero-order valence-electron chi connectivity index (χ0n) is 16.2. The Morgan fingerprint density at radius 3 is 2.58 bits per heavy atom. The summed E-state index contributed by atoms with van der Waals surface area (Å²) in [5, 5.41) is 6.06. The quantitative estimate of drug-likeness (QED) is 0.148. The maximum absolute atomic E-state index is 12.7. The molecule has 11 nitrogen and oxygen atoms in total. The molecule has 0 unspecified atom stereocenters. The lowest BCUT2D eigenvalue weighted by Crippen LogP contribution is -2.30. The van der Waals surface area contributed by atoms with E-state index in [2.05, 4.69) is 20.2 Å². The van der Waals surface area contributed by atoms with Gasteiger partial charge < -0.3 is 26.6 Å². The smallest absolute Gasteiger partial charge is 0.272 e. The number of halogens is 2. The molecule has 0 saturated heterocycles. The summed E-state index contributed by atoms with van der Waals surface area (Å²) in [7, 11) is -4.18. The van der Waals surface area contributed by atoms with Crippen LogP contribution in [0.25, 0.3) is 0 Å². The molecule has 0 aliphatic carbocycles. The summed E-state index contributed by atoms with van der Waals surface area (Å²) in [4.78, 5) is 31.7. The minimum atomic E-state index is -4.18. The number of pyridine rings is 1. The van der Waals surface area contributed by atoms with E-state index in [1.165, 1.54) is 18.2 Å². The number of amides is 1. The lowest BCUT2D eigenvalue weighted by molar-refractivity contribution is -0.120. The maximum Gasteiger partial charge on any atom is 0.272 e. The van der Waals surface area contributed by atoms with Crippen LogP contribution in [-0.4, -0.2) is 38.4 Å². The van der Waals surface area contributed by atoms with E-state index in [1.807, 2.05) is 0 Å². The number of carbonyl (C=O) groups is 1. The number of oxime groups is 1. The van der Waals surface area contributed by atoms with Gasteiger partial charge in [0.1, 0.15) is 12.3 Å². The number of carbonyl (C=O) groups excluding carboxylic acids is 1. The van der Waals surface area contributed by atoms with Crippen molar-refractivity contribution >= 4 is 50.8 Å². The topological polar surface area (TPSA) is 182 Å². The van der Waals surface area contributed by atoms with Crippen LogP contribution in [0.3, 0.4) is 0 Å². The Morgan fingerprint density at radius 1 is 1.23 bits per heavy atom. The number of nitrogens with two attached hydrogens (primary N) is 2. The van der Waals surface area contributed by atoms with Crippen molar-refractivity contribution in [3.63, 3.8) is 0 Å². The molecule has 31 heavy (non-hydrogen) atoms. The highest BCUT2D eigenvalue weighted by atomic mass is 35.5. The molecule has 2 aromatic rings. The molecule has 7 N–H and O–H groups in total. The van der Waals surface area contributed by atoms with Crippen LogP contribution in [0.5, 0.6) is 0 Å². The maximum atomic E-state index is 12.7. The summed E-state index contributed by atoms with van der Waals surface area (Å²) in [6.07, 6.45) is -0.272. The van der Waals surface area contributed by atoms with Crippen LogP contribution in [-0.2, 0) is 26.1 Å². The number of sulfonamides is 1. The third kappa shape index (κ3) is 7.05. The van der Waals surface area contributed by atoms with Crippen LogP contribution < -0.4 is 27.1 Å². The molecule has 1 aromatic carbocycles. The van der Waals surface area contributed by atoms with Crippen LogP contribution in [0.2, 0.25) is 10.0 Å². The molecule has 1 aromatic heterocycles. The fourth-order valence-corrected chi connectivity index (χ4v) is 3.93. The second-order valence-corrected chi connectivity index (χ2v) is 8.74. The van der Waals surface area contributed by atoms with Gasteiger partial charge in [-0.1, -0.05) is 23.2 Å². The first-order valence-corrected chi connectivity index (χ1v) is 10.9. The number of benzene rings is 1. The Labute approximate surface area is 187 Å². The number of H-pyrrole nitrogens is 1. The number of aryl methyl sites for hydroxylation is 1. The highest BCUT2D eigenvalue weighted by Gasteiger charge is 2.21. The van der Waals surface area contributed by atoms with Crippen molar-refractivity contribution in [1.82, 2.24) is 10.3 Å². The standard InChI is InChI=1S/C17H20Cl2N6O5S/c1-9-6-10(7-14(26)22-4-5-30-24-17(20)21)15(16(27)23-9)25-31(28,29)11-2-3-12(18)13(19)8-11/h2-3,6,8,25H,4-5,7H2,1H3,(H,22,26)(H,23,27)(H4,20,21,24). The monoisotopic (exact) mass is 490 g/mol. The summed E-state index contributed by atoms with van der Waals surface area (Å²) in [5.41, 5.74) is 9.83. The summed E-state index contributed by atoms with van der Waals surface area (Å²) in [6.45, 7) is 1.69. The van der Waals surface area contributed by atoms with E-state index in [4.69, 9.17) is 39.5 Å². The van der Waals surface area contributed by atoms with Gasteiger partial charge in [-0.25, -0.2) is 8.42 Å². The van der Waals surface area contributed by atoms with Gasteiger partial charge in [-0.05, 0) is 41.9 Å². The molecule has 168 valence electrons. The average Bonchev–Trinajstić information content (AvgIpc) is 2.66. The molecule has 2 rings (SSSR count). The van der Waals surface area contributed by atoms with Gasteiger partial charge in [0.2, 0.25) is 11.9 Å². The Hall–Kier alpha value is -2.96. The minimum Gasteiger partial charge on any atom is -0.391 e. The van der Waals surface area contributed by atoms with Crippen LogP contribution in [0.1, 0.15) is 11.3 Å². The number of hydrogen-bond acceptors (Lipinski definition) is 6. The van der Waals surface area contributed by atoms with E-state index in [0.717, 1.165) is 6.07 Å². The van der Waals surface area contributed by atoms with Gasteiger partial charge in [-0.3, -0.25) is 14.3 Å². The first-order chi connectivity index (χ1) is 14.5. The molecule has 1 amide bonds. The zero-order chi connectivity index (χ0) is 23.2. The van der Waals surface area contributed by atoms with E-state index in [-0.39, 0.29) is 51.7 Å². The third-order valence-electron chi connectivity index (χ3n) is 3.72. The van der Waals surface area contributed by atoms with Crippen LogP contribution in [0.4, 0.5) is 5.69 Å². The van der Waals surface area contributed by atoms with Gasteiger partial charge in [0.25, 0.3) is 15.6 Å². The van der Waals surface area contributed by atoms with Crippen LogP contribution >= 0.6 is 23.2 Å². The molecule has 0 radical (unpaired) electrons. The molecular formula is C17H20Cl2N6O5S. The summed E-state index contributed by atoms with van der Waals surface area (Å²) < 4.78 is 27.7. The van der Waals surface area contributed by atoms with Gasteiger partial charge in [0.05, 0.1) is 27.9 Å². The Morgan fingerprint density at radius 2 is 1.94 bits per heavy atom. The second kappa shape index (κ2) is 10.4. The van der Waals surface area contributed by atoms with Crippen LogP contribution in [0, 0.1) is 6.92 Å².